The molecule has 0 heterocycles. The van der Waals surface area contributed by atoms with Crippen LogP contribution in [0.4, 0.5) is 0 Å². The lowest BCUT2D eigenvalue weighted by molar-refractivity contribution is 0.199. The van der Waals surface area contributed by atoms with Gasteiger partial charge in [0.2, 0.25) is 0 Å². The SMILES string of the molecule is CCCNC(C#N)CN(C)CC1CCC1. The van der Waals surface area contributed by atoms with Crippen molar-refractivity contribution in [3.05, 3.63) is 0 Å². The third kappa shape index (κ3) is 4.63. The standard InChI is InChI=1S/C12H23N3/c1-3-7-14-12(8-13)10-15(2)9-11-5-4-6-11/h11-12,14H,3-7,9-10H2,1-2H3. The highest BCUT2D eigenvalue weighted by Gasteiger charge is 2.20. The Morgan fingerprint density at radius 1 is 1.53 bits per heavy atom. The van der Waals surface area contributed by atoms with Crippen molar-refractivity contribution in [1.82, 2.24) is 10.2 Å². The minimum absolute atomic E-state index is 0.00461. The molecule has 15 heavy (non-hydrogen) atoms. The van der Waals surface area contributed by atoms with E-state index in [1.165, 1.54) is 19.3 Å². The summed E-state index contributed by atoms with van der Waals surface area (Å²) in [6.07, 6.45) is 5.24. The molecule has 86 valence electrons. The average Bonchev–Trinajstić information content (AvgIpc) is 2.18. The Morgan fingerprint density at radius 2 is 2.27 bits per heavy atom. The number of hydrogen-bond donors (Lipinski definition) is 1. The molecular formula is C12H23N3. The van der Waals surface area contributed by atoms with Crippen LogP contribution in [0, 0.1) is 17.2 Å². The van der Waals surface area contributed by atoms with Crippen LogP contribution >= 0.6 is 0 Å². The molecule has 0 bridgehead atoms. The molecule has 0 aromatic carbocycles. The van der Waals surface area contributed by atoms with Crippen LogP contribution in [0.5, 0.6) is 0 Å². The van der Waals surface area contributed by atoms with Crippen LogP contribution in [0.1, 0.15) is 32.6 Å². The van der Waals surface area contributed by atoms with E-state index in [9.17, 15) is 0 Å². The second-order valence-electron chi connectivity index (χ2n) is 4.65. The molecule has 1 atom stereocenters. The molecule has 0 aliphatic heterocycles. The fourth-order valence-corrected chi connectivity index (χ4v) is 1.97. The van der Waals surface area contributed by atoms with Crippen LogP contribution in [0.25, 0.3) is 0 Å². The van der Waals surface area contributed by atoms with Gasteiger partial charge >= 0.3 is 0 Å². The molecule has 0 aromatic rings. The molecule has 3 heteroatoms. The topological polar surface area (TPSA) is 39.1 Å². The average molecular weight is 209 g/mol. The molecule has 1 N–H and O–H groups in total. The van der Waals surface area contributed by atoms with E-state index in [1.54, 1.807) is 0 Å². The summed E-state index contributed by atoms with van der Waals surface area (Å²) in [4.78, 5) is 2.29. The van der Waals surface area contributed by atoms with Gasteiger partial charge < -0.3 is 10.2 Å². The third-order valence-electron chi connectivity index (χ3n) is 3.09. The van der Waals surface area contributed by atoms with Crippen LogP contribution in [-0.2, 0) is 0 Å². The summed E-state index contributed by atoms with van der Waals surface area (Å²) in [7, 11) is 2.12. The molecule has 1 aliphatic rings. The summed E-state index contributed by atoms with van der Waals surface area (Å²) in [5, 5.41) is 12.2. The number of hydrogen-bond acceptors (Lipinski definition) is 3. The van der Waals surface area contributed by atoms with Gasteiger partial charge in [0.25, 0.3) is 0 Å². The summed E-state index contributed by atoms with van der Waals surface area (Å²) < 4.78 is 0. The van der Waals surface area contributed by atoms with Gasteiger partial charge in [-0.3, -0.25) is 0 Å². The first kappa shape index (κ1) is 12.5. The normalized spacial score (nSPS) is 18.5. The van der Waals surface area contributed by atoms with E-state index < -0.39 is 0 Å². The predicted molar refractivity (Wildman–Crippen MR) is 62.5 cm³/mol. The Hall–Kier alpha value is -0.590. The highest BCUT2D eigenvalue weighted by Crippen LogP contribution is 2.26. The zero-order valence-corrected chi connectivity index (χ0v) is 10.00. The van der Waals surface area contributed by atoms with Crippen LogP contribution in [0.15, 0.2) is 0 Å². The zero-order valence-electron chi connectivity index (χ0n) is 10.00. The van der Waals surface area contributed by atoms with Gasteiger partial charge in [-0.1, -0.05) is 13.3 Å². The Bertz CT molecular complexity index is 205. The van der Waals surface area contributed by atoms with Crippen LogP contribution in [0.2, 0.25) is 0 Å². The Balaban J connectivity index is 2.15. The summed E-state index contributed by atoms with van der Waals surface area (Å²) in [5.74, 6) is 0.889. The molecule has 1 rings (SSSR count). The highest BCUT2D eigenvalue weighted by atomic mass is 15.1. The number of nitrogens with one attached hydrogen (secondary N) is 1. The molecule has 1 fully saturated rings. The summed E-state index contributed by atoms with van der Waals surface area (Å²) in [6, 6.07) is 2.32. The van der Waals surface area contributed by atoms with Gasteiger partial charge in [-0.15, -0.1) is 0 Å². The predicted octanol–water partition coefficient (Wildman–Crippen LogP) is 1.61. The maximum absolute atomic E-state index is 8.97. The molecule has 3 nitrogen and oxygen atoms in total. The van der Waals surface area contributed by atoms with Crippen LogP contribution in [0.3, 0.4) is 0 Å². The van der Waals surface area contributed by atoms with Crippen LogP contribution < -0.4 is 5.32 Å². The first-order chi connectivity index (χ1) is 7.26. The molecule has 0 aromatic heterocycles. The van der Waals surface area contributed by atoms with Crippen molar-refractivity contribution >= 4 is 0 Å². The maximum atomic E-state index is 8.97. The van der Waals surface area contributed by atoms with Gasteiger partial charge in [0, 0.05) is 13.1 Å². The van der Waals surface area contributed by atoms with Gasteiger partial charge in [-0.05, 0) is 38.8 Å². The lowest BCUT2D eigenvalue weighted by Gasteiger charge is -2.31. The zero-order chi connectivity index (χ0) is 11.1. The number of rotatable bonds is 7. The van der Waals surface area contributed by atoms with Gasteiger partial charge in [0.15, 0.2) is 0 Å². The number of nitriles is 1. The first-order valence-electron chi connectivity index (χ1n) is 6.07. The molecule has 0 saturated heterocycles. The highest BCUT2D eigenvalue weighted by molar-refractivity contribution is 4.91. The van der Waals surface area contributed by atoms with E-state index in [2.05, 4.69) is 30.3 Å². The van der Waals surface area contributed by atoms with E-state index in [1.807, 2.05) is 0 Å². The second-order valence-corrected chi connectivity index (χ2v) is 4.65. The van der Waals surface area contributed by atoms with Crippen molar-refractivity contribution in [3.63, 3.8) is 0 Å². The lowest BCUT2D eigenvalue weighted by atomic mass is 9.85. The summed E-state index contributed by atoms with van der Waals surface area (Å²) in [6.45, 7) is 5.08. The van der Waals surface area contributed by atoms with Crippen molar-refractivity contribution in [2.24, 2.45) is 5.92 Å². The van der Waals surface area contributed by atoms with E-state index in [-0.39, 0.29) is 6.04 Å². The first-order valence-corrected chi connectivity index (χ1v) is 6.07. The Kier molecular flexibility index (Phi) is 5.67. The Morgan fingerprint density at radius 3 is 2.73 bits per heavy atom. The molecule has 1 aliphatic carbocycles. The van der Waals surface area contributed by atoms with E-state index in [4.69, 9.17) is 5.26 Å². The van der Waals surface area contributed by atoms with Crippen molar-refractivity contribution in [1.29, 1.82) is 5.26 Å². The van der Waals surface area contributed by atoms with E-state index in [0.717, 1.165) is 32.0 Å². The van der Waals surface area contributed by atoms with Crippen molar-refractivity contribution in [2.45, 2.75) is 38.6 Å². The second kappa shape index (κ2) is 6.81. The van der Waals surface area contributed by atoms with Gasteiger partial charge in [0.1, 0.15) is 6.04 Å². The molecule has 1 saturated carbocycles. The van der Waals surface area contributed by atoms with Crippen molar-refractivity contribution < 1.29 is 0 Å². The lowest BCUT2D eigenvalue weighted by Crippen LogP contribution is -2.41. The monoisotopic (exact) mass is 209 g/mol. The van der Waals surface area contributed by atoms with Gasteiger partial charge in [-0.2, -0.15) is 5.26 Å². The van der Waals surface area contributed by atoms with E-state index in [0.29, 0.717) is 0 Å². The van der Waals surface area contributed by atoms with Crippen LogP contribution in [-0.4, -0.2) is 37.6 Å². The van der Waals surface area contributed by atoms with Crippen molar-refractivity contribution in [2.75, 3.05) is 26.7 Å². The third-order valence-corrected chi connectivity index (χ3v) is 3.09. The molecule has 1 unspecified atom stereocenters. The summed E-state index contributed by atoms with van der Waals surface area (Å²) >= 11 is 0. The molecule has 0 spiro atoms. The van der Waals surface area contributed by atoms with Gasteiger partial charge in [-0.25, -0.2) is 0 Å². The fourth-order valence-electron chi connectivity index (χ4n) is 1.97. The molecule has 0 amide bonds. The smallest absolute Gasteiger partial charge is 0.108 e. The molecular weight excluding hydrogens is 186 g/mol. The minimum Gasteiger partial charge on any atom is -0.303 e. The fraction of sp³-hybridized carbons (Fsp3) is 0.917. The van der Waals surface area contributed by atoms with Crippen molar-refractivity contribution in [3.8, 4) is 6.07 Å². The maximum Gasteiger partial charge on any atom is 0.108 e. The minimum atomic E-state index is -0.00461. The number of likely N-dealkylation sites (N-methyl/N-ethyl adjacent to an activating group) is 1. The van der Waals surface area contributed by atoms with Gasteiger partial charge in [0.05, 0.1) is 6.07 Å². The Labute approximate surface area is 93.5 Å². The summed E-state index contributed by atoms with van der Waals surface area (Å²) in [5.41, 5.74) is 0. The number of nitrogens with zero attached hydrogens (tertiary/aromatic N) is 2. The largest absolute Gasteiger partial charge is 0.303 e. The molecule has 0 radical (unpaired) electrons. The quantitative estimate of drug-likeness (QED) is 0.692. The van der Waals surface area contributed by atoms with E-state index >= 15 is 0 Å².